The zero-order chi connectivity index (χ0) is 16.7. The van der Waals surface area contributed by atoms with E-state index in [4.69, 9.17) is 63.1 Å². The lowest BCUT2D eigenvalue weighted by molar-refractivity contribution is -0.300. The third kappa shape index (κ3) is 7.06. The number of hydrogen-bond acceptors (Lipinski definition) is 4. The highest BCUT2D eigenvalue weighted by atomic mass is 35.5. The molecule has 1 atom stereocenters. The highest BCUT2D eigenvalue weighted by Gasteiger charge is 2.20. The van der Waals surface area contributed by atoms with Crippen LogP contribution in [0.4, 0.5) is 0 Å². The molecule has 0 aliphatic rings. The topological polar surface area (TPSA) is 63.5 Å². The summed E-state index contributed by atoms with van der Waals surface area (Å²) in [4.78, 5) is 0.431. The molecule has 0 aliphatic carbocycles. The molecule has 0 heterocycles. The number of hydrogen-bond donors (Lipinski definition) is 2. The summed E-state index contributed by atoms with van der Waals surface area (Å²) in [6, 6.07) is 0. The van der Waals surface area contributed by atoms with Crippen LogP contribution in [0.1, 0.15) is 6.92 Å². The molecule has 1 aromatic carbocycles. The first-order valence-corrected chi connectivity index (χ1v) is 8.26. The minimum absolute atomic E-state index is 0.0833. The van der Waals surface area contributed by atoms with Gasteiger partial charge in [-0.3, -0.25) is 0 Å². The van der Waals surface area contributed by atoms with E-state index in [-0.39, 0.29) is 43.2 Å². The number of benzene rings is 1. The van der Waals surface area contributed by atoms with Crippen molar-refractivity contribution in [1.82, 2.24) is 0 Å². The monoisotopic (exact) mass is 411 g/mol. The van der Waals surface area contributed by atoms with Gasteiger partial charge in [-0.1, -0.05) is 64.9 Å². The molecular weight excluding hydrogens is 401 g/mol. The first-order chi connectivity index (χ1) is 9.63. The summed E-state index contributed by atoms with van der Waals surface area (Å²) in [5.41, 5.74) is 0. The number of aliphatic hydroxyl groups is 2. The normalized spacial score (nSPS) is 11.6. The lowest BCUT2D eigenvalue weighted by Crippen LogP contribution is -2.14. The first kappa shape index (κ1) is 21.5. The number of thioether (sulfide) groups is 1. The predicted octanol–water partition coefficient (Wildman–Crippen LogP) is 4.28. The van der Waals surface area contributed by atoms with Gasteiger partial charge in [-0.15, -0.1) is 24.1 Å². The number of allylic oxidation sites excluding steroid dienone is 1. The van der Waals surface area contributed by atoms with Crippen molar-refractivity contribution in [1.29, 1.82) is 0 Å². The van der Waals surface area contributed by atoms with Crippen molar-refractivity contribution in [3.05, 3.63) is 37.5 Å². The standard InChI is InChI=1S/C9H7Cl5O2S.C3H6O/c10-4-5(11)7(13)9(8(14)6(4)12)17-2-3(16)1-15;1-3(2)4/h3,15-16H,1-2H2;4H,1H2,2H3/p-1. The van der Waals surface area contributed by atoms with Gasteiger partial charge in [-0.25, -0.2) is 0 Å². The summed E-state index contributed by atoms with van der Waals surface area (Å²) in [6.07, 6.45) is -0.875. The summed E-state index contributed by atoms with van der Waals surface area (Å²) in [6.45, 7) is 4.07. The molecule has 0 radical (unpaired) electrons. The second kappa shape index (κ2) is 10.3. The second-order valence-electron chi connectivity index (χ2n) is 3.75. The molecule has 0 fully saturated rings. The van der Waals surface area contributed by atoms with Crippen molar-refractivity contribution in [2.45, 2.75) is 17.9 Å². The highest BCUT2D eigenvalue weighted by Crippen LogP contribution is 2.47. The van der Waals surface area contributed by atoms with Crippen LogP contribution in [0.25, 0.3) is 0 Å². The fourth-order valence-corrected chi connectivity index (χ4v) is 3.44. The van der Waals surface area contributed by atoms with Crippen LogP contribution in [0, 0.1) is 0 Å². The Hall–Kier alpha value is 0.480. The number of rotatable bonds is 4. The van der Waals surface area contributed by atoms with Gasteiger partial charge in [0, 0.05) is 10.6 Å². The fraction of sp³-hybridized carbons (Fsp3) is 0.333. The van der Waals surface area contributed by atoms with Crippen LogP contribution < -0.4 is 5.11 Å². The van der Waals surface area contributed by atoms with Crippen LogP contribution in [0.15, 0.2) is 17.2 Å². The van der Waals surface area contributed by atoms with E-state index in [2.05, 4.69) is 6.58 Å². The van der Waals surface area contributed by atoms with E-state index in [1.165, 1.54) is 6.92 Å². The van der Waals surface area contributed by atoms with Crippen molar-refractivity contribution in [2.75, 3.05) is 12.4 Å². The summed E-state index contributed by atoms with van der Waals surface area (Å²) < 4.78 is 0. The summed E-state index contributed by atoms with van der Waals surface area (Å²) >= 11 is 30.7. The molecule has 0 saturated heterocycles. The Bertz CT molecular complexity index is 477. The molecule has 21 heavy (non-hydrogen) atoms. The summed E-state index contributed by atoms with van der Waals surface area (Å²) in [5, 5.41) is 28.0. The lowest BCUT2D eigenvalue weighted by atomic mass is 10.3. The average molecular weight is 414 g/mol. The molecule has 2 N–H and O–H groups in total. The minimum atomic E-state index is -0.875. The molecule has 0 spiro atoms. The van der Waals surface area contributed by atoms with Crippen molar-refractivity contribution < 1.29 is 15.3 Å². The van der Waals surface area contributed by atoms with Crippen LogP contribution in [0.3, 0.4) is 0 Å². The molecule has 0 amide bonds. The van der Waals surface area contributed by atoms with Crippen molar-refractivity contribution >= 4 is 69.8 Å². The maximum absolute atomic E-state index is 9.33. The van der Waals surface area contributed by atoms with E-state index < -0.39 is 6.10 Å². The maximum Gasteiger partial charge on any atom is 0.0864 e. The van der Waals surface area contributed by atoms with Crippen LogP contribution in [-0.2, 0) is 0 Å². The van der Waals surface area contributed by atoms with E-state index in [0.29, 0.717) is 4.90 Å². The van der Waals surface area contributed by atoms with Gasteiger partial charge in [0.2, 0.25) is 0 Å². The minimum Gasteiger partial charge on any atom is -0.876 e. The smallest absolute Gasteiger partial charge is 0.0864 e. The van der Waals surface area contributed by atoms with Crippen molar-refractivity contribution in [3.8, 4) is 0 Å². The molecule has 1 rings (SSSR count). The third-order valence-corrected chi connectivity index (χ3v) is 5.55. The Morgan fingerprint density at radius 1 is 1.10 bits per heavy atom. The number of aliphatic hydroxyl groups excluding tert-OH is 2. The second-order valence-corrected chi connectivity index (χ2v) is 6.67. The first-order valence-electron chi connectivity index (χ1n) is 5.39. The van der Waals surface area contributed by atoms with Gasteiger partial charge in [0.25, 0.3) is 0 Å². The Kier molecular flexibility index (Phi) is 10.5. The van der Waals surface area contributed by atoms with Gasteiger partial charge in [-0.2, -0.15) is 0 Å². The van der Waals surface area contributed by atoms with E-state index in [9.17, 15) is 10.2 Å². The van der Waals surface area contributed by atoms with Crippen LogP contribution in [0.5, 0.6) is 0 Å². The molecule has 3 nitrogen and oxygen atoms in total. The van der Waals surface area contributed by atoms with Gasteiger partial charge in [0.1, 0.15) is 0 Å². The van der Waals surface area contributed by atoms with E-state index in [0.717, 1.165) is 11.8 Å². The van der Waals surface area contributed by atoms with Crippen LogP contribution >= 0.6 is 69.8 Å². The molecule has 0 bridgehead atoms. The van der Waals surface area contributed by atoms with Crippen molar-refractivity contribution in [3.63, 3.8) is 0 Å². The van der Waals surface area contributed by atoms with Gasteiger partial charge in [0.15, 0.2) is 0 Å². The van der Waals surface area contributed by atoms with E-state index in [1.807, 2.05) is 0 Å². The maximum atomic E-state index is 9.33. The number of halogens is 5. The quantitative estimate of drug-likeness (QED) is 0.335. The van der Waals surface area contributed by atoms with Gasteiger partial charge >= 0.3 is 0 Å². The van der Waals surface area contributed by atoms with Gasteiger partial charge < -0.3 is 15.3 Å². The van der Waals surface area contributed by atoms with Gasteiger partial charge in [0.05, 0.1) is 37.8 Å². The van der Waals surface area contributed by atoms with Crippen LogP contribution in [-0.4, -0.2) is 28.7 Å². The SMILES string of the molecule is C=C(C)[O-].OCC(O)CSc1c(Cl)c(Cl)c(Cl)c(Cl)c1Cl. The fourth-order valence-electron chi connectivity index (χ4n) is 0.944. The molecule has 1 unspecified atom stereocenters. The molecule has 1 aromatic rings. The Labute approximate surface area is 152 Å². The highest BCUT2D eigenvalue weighted by molar-refractivity contribution is 7.99. The average Bonchev–Trinajstić information content (AvgIpc) is 2.42. The Balaban J connectivity index is 0.000000885. The molecule has 0 saturated carbocycles. The summed E-state index contributed by atoms with van der Waals surface area (Å²) in [5.74, 6) is 0.129. The molecule has 0 aliphatic heterocycles. The van der Waals surface area contributed by atoms with Gasteiger partial charge in [-0.05, 0) is 0 Å². The van der Waals surface area contributed by atoms with Crippen LogP contribution in [0.2, 0.25) is 25.1 Å². The largest absolute Gasteiger partial charge is 0.876 e. The molecule has 0 aromatic heterocycles. The molecular formula is C12H12Cl5O3S-. The van der Waals surface area contributed by atoms with E-state index in [1.54, 1.807) is 0 Å². The summed E-state index contributed by atoms with van der Waals surface area (Å²) in [7, 11) is 0. The molecule has 9 heteroatoms. The van der Waals surface area contributed by atoms with E-state index >= 15 is 0 Å². The Morgan fingerprint density at radius 3 is 1.76 bits per heavy atom. The zero-order valence-electron chi connectivity index (χ0n) is 10.8. The zero-order valence-corrected chi connectivity index (χ0v) is 15.4. The van der Waals surface area contributed by atoms with Crippen molar-refractivity contribution in [2.24, 2.45) is 0 Å². The Morgan fingerprint density at radius 2 is 1.43 bits per heavy atom. The third-order valence-electron chi connectivity index (χ3n) is 1.80. The predicted molar refractivity (Wildman–Crippen MR) is 90.1 cm³/mol. The molecule has 120 valence electrons. The lowest BCUT2D eigenvalue weighted by Gasteiger charge is -2.13.